The van der Waals surface area contributed by atoms with Gasteiger partial charge in [0.15, 0.2) is 0 Å². The Morgan fingerprint density at radius 1 is 0.967 bits per heavy atom. The number of nitrogens with one attached hydrogen (secondary N) is 3. The van der Waals surface area contributed by atoms with Gasteiger partial charge in [-0.3, -0.25) is 9.59 Å². The minimum atomic E-state index is -0.626. The molecule has 0 saturated heterocycles. The Balaban J connectivity index is 1.53. The fraction of sp³-hybridized carbons (Fsp3) is 0.136. The second-order valence-electron chi connectivity index (χ2n) is 6.66. The molecule has 7 nitrogen and oxygen atoms in total. The SMILES string of the molecule is CC(NC(=O)c1ccc(CNC(=O)c2cccs2)cc1)c1ccc(NC(N)=O)cc1. The van der Waals surface area contributed by atoms with Crippen molar-refractivity contribution in [3.05, 3.63) is 87.6 Å². The molecular formula is C22H22N4O3S. The van der Waals surface area contributed by atoms with Gasteiger partial charge >= 0.3 is 6.03 Å². The standard InChI is InChI=1S/C22H22N4O3S/c1-14(16-8-10-18(11-9-16)26-22(23)29)25-20(27)17-6-4-15(5-7-17)13-24-21(28)19-3-2-12-30-19/h2-12,14H,13H2,1H3,(H,24,28)(H,25,27)(H3,23,26,29). The normalized spacial score (nSPS) is 11.4. The third-order valence-electron chi connectivity index (χ3n) is 4.44. The van der Waals surface area contributed by atoms with Crippen molar-refractivity contribution in [1.82, 2.24) is 10.6 Å². The maximum Gasteiger partial charge on any atom is 0.316 e. The van der Waals surface area contributed by atoms with Crippen LogP contribution in [0.15, 0.2) is 66.0 Å². The molecule has 1 atom stereocenters. The molecule has 3 aromatic rings. The predicted molar refractivity (Wildman–Crippen MR) is 117 cm³/mol. The van der Waals surface area contributed by atoms with Crippen molar-refractivity contribution in [3.63, 3.8) is 0 Å². The van der Waals surface area contributed by atoms with E-state index in [1.54, 1.807) is 30.3 Å². The molecule has 0 spiro atoms. The predicted octanol–water partition coefficient (Wildman–Crippen LogP) is 3.66. The number of carbonyl (C=O) groups excluding carboxylic acids is 3. The van der Waals surface area contributed by atoms with Gasteiger partial charge in [-0.2, -0.15) is 0 Å². The molecule has 0 fully saturated rings. The molecule has 0 radical (unpaired) electrons. The summed E-state index contributed by atoms with van der Waals surface area (Å²) in [5.41, 5.74) is 8.01. The molecule has 8 heteroatoms. The molecule has 0 aliphatic carbocycles. The number of nitrogens with two attached hydrogens (primary N) is 1. The van der Waals surface area contributed by atoms with Gasteiger partial charge in [-0.05, 0) is 53.8 Å². The van der Waals surface area contributed by atoms with Crippen molar-refractivity contribution < 1.29 is 14.4 Å². The lowest BCUT2D eigenvalue weighted by Gasteiger charge is -2.15. The molecule has 0 saturated carbocycles. The van der Waals surface area contributed by atoms with E-state index in [1.165, 1.54) is 11.3 Å². The molecule has 0 aliphatic heterocycles. The minimum absolute atomic E-state index is 0.113. The molecule has 4 amide bonds. The molecule has 30 heavy (non-hydrogen) atoms. The maximum absolute atomic E-state index is 12.5. The summed E-state index contributed by atoms with van der Waals surface area (Å²) in [5.74, 6) is -0.311. The zero-order chi connectivity index (χ0) is 21.5. The van der Waals surface area contributed by atoms with Crippen LogP contribution in [0.4, 0.5) is 10.5 Å². The molecule has 3 rings (SSSR count). The number of anilines is 1. The number of urea groups is 1. The monoisotopic (exact) mass is 422 g/mol. The van der Waals surface area contributed by atoms with Crippen molar-refractivity contribution in [2.24, 2.45) is 5.73 Å². The Hall–Kier alpha value is -3.65. The van der Waals surface area contributed by atoms with Crippen LogP contribution in [-0.4, -0.2) is 17.8 Å². The molecular weight excluding hydrogens is 400 g/mol. The van der Waals surface area contributed by atoms with Crippen LogP contribution in [0, 0.1) is 0 Å². The van der Waals surface area contributed by atoms with Crippen molar-refractivity contribution in [2.75, 3.05) is 5.32 Å². The third-order valence-corrected chi connectivity index (χ3v) is 5.31. The van der Waals surface area contributed by atoms with Crippen molar-refractivity contribution in [1.29, 1.82) is 0 Å². The number of benzene rings is 2. The summed E-state index contributed by atoms with van der Waals surface area (Å²) in [6.07, 6.45) is 0. The zero-order valence-corrected chi connectivity index (χ0v) is 17.2. The zero-order valence-electron chi connectivity index (χ0n) is 16.3. The van der Waals surface area contributed by atoms with E-state index in [9.17, 15) is 14.4 Å². The first-order valence-corrected chi connectivity index (χ1v) is 10.2. The fourth-order valence-electron chi connectivity index (χ4n) is 2.81. The van der Waals surface area contributed by atoms with Crippen molar-refractivity contribution in [2.45, 2.75) is 19.5 Å². The van der Waals surface area contributed by atoms with Gasteiger partial charge in [0, 0.05) is 17.8 Å². The highest BCUT2D eigenvalue weighted by molar-refractivity contribution is 7.12. The Labute approximate surface area is 178 Å². The lowest BCUT2D eigenvalue weighted by Crippen LogP contribution is -2.26. The van der Waals surface area contributed by atoms with Crippen LogP contribution in [0.25, 0.3) is 0 Å². The van der Waals surface area contributed by atoms with Gasteiger partial charge in [0.05, 0.1) is 10.9 Å². The molecule has 1 aromatic heterocycles. The van der Waals surface area contributed by atoms with Crippen LogP contribution in [0.1, 0.15) is 44.1 Å². The van der Waals surface area contributed by atoms with Gasteiger partial charge in [0.2, 0.25) is 0 Å². The van der Waals surface area contributed by atoms with Gasteiger partial charge in [0.25, 0.3) is 11.8 Å². The number of primary amides is 1. The first-order chi connectivity index (χ1) is 14.4. The van der Waals surface area contributed by atoms with Gasteiger partial charge in [-0.15, -0.1) is 11.3 Å². The van der Waals surface area contributed by atoms with E-state index in [0.717, 1.165) is 11.1 Å². The van der Waals surface area contributed by atoms with Gasteiger partial charge in [-0.1, -0.05) is 30.3 Å². The van der Waals surface area contributed by atoms with E-state index in [1.807, 2.05) is 42.6 Å². The van der Waals surface area contributed by atoms with Crippen LogP contribution >= 0.6 is 11.3 Å². The Bertz CT molecular complexity index is 1020. The Morgan fingerprint density at radius 2 is 1.67 bits per heavy atom. The smallest absolute Gasteiger partial charge is 0.316 e. The lowest BCUT2D eigenvalue weighted by molar-refractivity contribution is 0.0935. The number of hydrogen-bond donors (Lipinski definition) is 4. The van der Waals surface area contributed by atoms with Gasteiger partial charge < -0.3 is 21.7 Å². The van der Waals surface area contributed by atoms with E-state index in [2.05, 4.69) is 16.0 Å². The highest BCUT2D eigenvalue weighted by Crippen LogP contribution is 2.17. The molecule has 0 aliphatic rings. The van der Waals surface area contributed by atoms with Crippen LogP contribution < -0.4 is 21.7 Å². The number of thiophene rings is 1. The summed E-state index contributed by atoms with van der Waals surface area (Å²) in [6.45, 7) is 2.27. The Kier molecular flexibility index (Phi) is 6.82. The van der Waals surface area contributed by atoms with E-state index in [4.69, 9.17) is 5.73 Å². The summed E-state index contributed by atoms with van der Waals surface area (Å²) in [6, 6.07) is 16.9. The second-order valence-corrected chi connectivity index (χ2v) is 7.61. The summed E-state index contributed by atoms with van der Waals surface area (Å²) < 4.78 is 0. The molecule has 1 unspecified atom stereocenters. The number of amides is 4. The van der Waals surface area contributed by atoms with E-state index < -0.39 is 6.03 Å². The van der Waals surface area contributed by atoms with E-state index >= 15 is 0 Å². The molecule has 154 valence electrons. The van der Waals surface area contributed by atoms with Crippen LogP contribution in [0.3, 0.4) is 0 Å². The summed E-state index contributed by atoms with van der Waals surface area (Å²) in [5, 5.41) is 10.1. The molecule has 5 N–H and O–H groups in total. The average Bonchev–Trinajstić information content (AvgIpc) is 3.27. The van der Waals surface area contributed by atoms with Gasteiger partial charge in [0.1, 0.15) is 0 Å². The first-order valence-electron chi connectivity index (χ1n) is 9.30. The van der Waals surface area contributed by atoms with Gasteiger partial charge in [-0.25, -0.2) is 4.79 Å². The minimum Gasteiger partial charge on any atom is -0.351 e. The van der Waals surface area contributed by atoms with Crippen LogP contribution in [0.2, 0.25) is 0 Å². The van der Waals surface area contributed by atoms with E-state index in [-0.39, 0.29) is 17.9 Å². The van der Waals surface area contributed by atoms with Crippen molar-refractivity contribution in [3.8, 4) is 0 Å². The molecule has 2 aromatic carbocycles. The number of carbonyl (C=O) groups is 3. The fourth-order valence-corrected chi connectivity index (χ4v) is 3.45. The highest BCUT2D eigenvalue weighted by Gasteiger charge is 2.12. The quantitative estimate of drug-likeness (QED) is 0.466. The second kappa shape index (κ2) is 9.71. The lowest BCUT2D eigenvalue weighted by atomic mass is 10.1. The average molecular weight is 423 g/mol. The summed E-state index contributed by atoms with van der Waals surface area (Å²) in [4.78, 5) is 36.1. The summed E-state index contributed by atoms with van der Waals surface area (Å²) in [7, 11) is 0. The highest BCUT2D eigenvalue weighted by atomic mass is 32.1. The summed E-state index contributed by atoms with van der Waals surface area (Å²) >= 11 is 1.39. The Morgan fingerprint density at radius 3 is 2.27 bits per heavy atom. The number of rotatable bonds is 7. The third kappa shape index (κ3) is 5.68. The maximum atomic E-state index is 12.5. The van der Waals surface area contributed by atoms with Crippen LogP contribution in [-0.2, 0) is 6.54 Å². The molecule has 1 heterocycles. The number of hydrogen-bond acceptors (Lipinski definition) is 4. The first kappa shape index (κ1) is 21.1. The van der Waals surface area contributed by atoms with Crippen molar-refractivity contribution >= 4 is 34.9 Å². The van der Waals surface area contributed by atoms with Crippen LogP contribution in [0.5, 0.6) is 0 Å². The molecule has 0 bridgehead atoms. The van der Waals surface area contributed by atoms with E-state index in [0.29, 0.717) is 22.7 Å². The largest absolute Gasteiger partial charge is 0.351 e. The topological polar surface area (TPSA) is 113 Å².